The number of benzene rings is 2. The van der Waals surface area contributed by atoms with Crippen LogP contribution in [0.3, 0.4) is 0 Å². The molecule has 2 aromatic carbocycles. The number of nitrogens with two attached hydrogens (primary N) is 1. The Morgan fingerprint density at radius 1 is 1.26 bits per heavy atom. The van der Waals surface area contributed by atoms with Crippen LogP contribution in [0.5, 0.6) is 5.75 Å². The molecule has 3 aromatic rings. The third kappa shape index (κ3) is 5.61. The first-order valence-corrected chi connectivity index (χ1v) is 12.0. The molecule has 0 unspecified atom stereocenters. The zero-order valence-corrected chi connectivity index (χ0v) is 20.7. The number of aromatic nitrogens is 3. The molecule has 35 heavy (non-hydrogen) atoms. The summed E-state index contributed by atoms with van der Waals surface area (Å²) in [5.41, 5.74) is 6.97. The topological polar surface area (TPSA) is 138 Å². The lowest BCUT2D eigenvalue weighted by atomic mass is 10.00. The van der Waals surface area contributed by atoms with E-state index in [0.717, 1.165) is 12.8 Å². The molecular formula is C22H25ClFN5O5S. The van der Waals surface area contributed by atoms with Gasteiger partial charge in [-0.25, -0.2) is 27.0 Å². The zero-order chi connectivity index (χ0) is 24.5. The third-order valence-electron chi connectivity index (χ3n) is 5.35. The molecule has 1 heterocycles. The molecule has 1 fully saturated rings. The normalized spacial score (nSPS) is 14.0. The molecule has 1 aliphatic carbocycles. The fourth-order valence-corrected chi connectivity index (χ4v) is 4.85. The molecule has 0 aliphatic heterocycles. The minimum Gasteiger partial charge on any atom is -0.496 e. The number of nitrogens with one attached hydrogen (secondary N) is 1. The van der Waals surface area contributed by atoms with Crippen molar-refractivity contribution < 1.29 is 27.1 Å². The summed E-state index contributed by atoms with van der Waals surface area (Å²) in [5, 5.41) is 8.20. The first kappa shape index (κ1) is 26.5. The molecule has 0 radical (unpaired) electrons. The molecule has 0 atom stereocenters. The molecule has 1 aromatic heterocycles. The van der Waals surface area contributed by atoms with E-state index in [9.17, 15) is 17.6 Å². The number of ether oxygens (including phenoxy) is 2. The van der Waals surface area contributed by atoms with Crippen LogP contribution in [-0.4, -0.2) is 56.2 Å². The molecule has 10 nitrogen and oxygen atoms in total. The Hall–Kier alpha value is -3.06. The maximum absolute atomic E-state index is 14.2. The highest BCUT2D eigenvalue weighted by Gasteiger charge is 2.29. The number of rotatable bonds is 9. The SMILES string of the molecule is COC(=O)c1cc(-c2cc(S(=O)(=O)NC3CC3)ccc2OC)c2nnn(C/C(F)=C/CN)c2c1.Cl. The molecule has 0 saturated heterocycles. The van der Waals surface area contributed by atoms with E-state index in [-0.39, 0.29) is 42.0 Å². The first-order chi connectivity index (χ1) is 16.3. The molecule has 1 saturated carbocycles. The van der Waals surface area contributed by atoms with Gasteiger partial charge in [0.25, 0.3) is 0 Å². The van der Waals surface area contributed by atoms with Crippen LogP contribution >= 0.6 is 12.4 Å². The van der Waals surface area contributed by atoms with Crippen LogP contribution in [0.2, 0.25) is 0 Å². The van der Waals surface area contributed by atoms with Gasteiger partial charge in [0.2, 0.25) is 10.0 Å². The van der Waals surface area contributed by atoms with Gasteiger partial charge in [-0.1, -0.05) is 5.21 Å². The molecule has 188 valence electrons. The fourth-order valence-electron chi connectivity index (χ4n) is 3.51. The van der Waals surface area contributed by atoms with Gasteiger partial charge < -0.3 is 15.2 Å². The molecular weight excluding hydrogens is 501 g/mol. The number of sulfonamides is 1. The van der Waals surface area contributed by atoms with Gasteiger partial charge in [0.05, 0.1) is 36.7 Å². The summed E-state index contributed by atoms with van der Waals surface area (Å²) in [6, 6.07) is 7.36. The summed E-state index contributed by atoms with van der Waals surface area (Å²) >= 11 is 0. The summed E-state index contributed by atoms with van der Waals surface area (Å²) in [5.74, 6) is -0.791. The van der Waals surface area contributed by atoms with Crippen LogP contribution in [0.1, 0.15) is 23.2 Å². The van der Waals surface area contributed by atoms with Crippen LogP contribution in [0.25, 0.3) is 22.2 Å². The van der Waals surface area contributed by atoms with Crippen molar-refractivity contribution in [1.29, 1.82) is 0 Å². The average molecular weight is 526 g/mol. The van der Waals surface area contributed by atoms with E-state index in [4.69, 9.17) is 15.2 Å². The second kappa shape index (κ2) is 10.7. The van der Waals surface area contributed by atoms with Gasteiger partial charge in [-0.15, -0.1) is 17.5 Å². The quantitative estimate of drug-likeness (QED) is 0.406. The number of methoxy groups -OCH3 is 2. The van der Waals surface area contributed by atoms with Crippen molar-refractivity contribution in [2.75, 3.05) is 20.8 Å². The third-order valence-corrected chi connectivity index (χ3v) is 6.87. The zero-order valence-electron chi connectivity index (χ0n) is 19.0. The molecule has 0 bridgehead atoms. The maximum atomic E-state index is 14.2. The lowest BCUT2D eigenvalue weighted by molar-refractivity contribution is 0.0601. The summed E-state index contributed by atoms with van der Waals surface area (Å²) in [4.78, 5) is 12.4. The van der Waals surface area contributed by atoms with Crippen molar-refractivity contribution in [3.05, 3.63) is 47.8 Å². The number of hydrogen-bond acceptors (Lipinski definition) is 8. The fraction of sp³-hybridized carbons (Fsp3) is 0.318. The highest BCUT2D eigenvalue weighted by molar-refractivity contribution is 7.89. The number of hydrogen-bond donors (Lipinski definition) is 2. The highest BCUT2D eigenvalue weighted by Crippen LogP contribution is 2.37. The Bertz CT molecular complexity index is 1390. The predicted octanol–water partition coefficient (Wildman–Crippen LogP) is 2.57. The molecule has 0 spiro atoms. The van der Waals surface area contributed by atoms with E-state index >= 15 is 0 Å². The first-order valence-electron chi connectivity index (χ1n) is 10.5. The van der Waals surface area contributed by atoms with Gasteiger partial charge in [-0.05, 0) is 49.2 Å². The number of halogens is 2. The Labute approximate surface area is 207 Å². The highest BCUT2D eigenvalue weighted by atomic mass is 35.5. The molecule has 0 amide bonds. The minimum absolute atomic E-state index is 0. The number of esters is 1. The molecule has 4 rings (SSSR count). The van der Waals surface area contributed by atoms with Crippen molar-refractivity contribution in [2.24, 2.45) is 5.73 Å². The van der Waals surface area contributed by atoms with Crippen molar-refractivity contribution in [3.63, 3.8) is 0 Å². The minimum atomic E-state index is -3.76. The Morgan fingerprint density at radius 2 is 2.00 bits per heavy atom. The van der Waals surface area contributed by atoms with Gasteiger partial charge in [0.1, 0.15) is 17.1 Å². The summed E-state index contributed by atoms with van der Waals surface area (Å²) < 4.78 is 54.1. The van der Waals surface area contributed by atoms with Crippen molar-refractivity contribution in [2.45, 2.75) is 30.3 Å². The second-order valence-corrected chi connectivity index (χ2v) is 9.49. The van der Waals surface area contributed by atoms with Gasteiger partial charge in [-0.2, -0.15) is 0 Å². The lowest BCUT2D eigenvalue weighted by Gasteiger charge is -2.13. The summed E-state index contributed by atoms with van der Waals surface area (Å²) in [6.45, 7) is -0.223. The number of carbonyl (C=O) groups excluding carboxylic acids is 1. The maximum Gasteiger partial charge on any atom is 0.337 e. The van der Waals surface area contributed by atoms with Crippen LogP contribution in [0, 0.1) is 0 Å². The monoisotopic (exact) mass is 525 g/mol. The molecule has 3 N–H and O–H groups in total. The van der Waals surface area contributed by atoms with E-state index in [1.54, 1.807) is 0 Å². The molecule has 13 heteroatoms. The number of nitrogens with zero attached hydrogens (tertiary/aromatic N) is 3. The Morgan fingerprint density at radius 3 is 2.63 bits per heavy atom. The van der Waals surface area contributed by atoms with Crippen LogP contribution in [0.4, 0.5) is 4.39 Å². The van der Waals surface area contributed by atoms with Crippen molar-refractivity contribution in [3.8, 4) is 16.9 Å². The summed E-state index contributed by atoms with van der Waals surface area (Å²) in [7, 11) is -1.08. The standard InChI is InChI=1S/C22H24FN5O5S.ClH/c1-32-20-6-5-16(34(30,31)26-15-3-4-15)11-17(20)18-9-13(22(29)33-2)10-19-21(18)25-27-28(19)12-14(23)7-8-24;/h5-7,9-11,15,26H,3-4,8,12,24H2,1-2H3;1H/b14-7-;. The van der Waals surface area contributed by atoms with Crippen LogP contribution < -0.4 is 15.2 Å². The van der Waals surface area contributed by atoms with E-state index in [1.807, 2.05) is 0 Å². The van der Waals surface area contributed by atoms with Gasteiger partial charge in [-0.3, -0.25) is 0 Å². The van der Waals surface area contributed by atoms with Crippen LogP contribution in [0.15, 0.2) is 47.1 Å². The van der Waals surface area contributed by atoms with Gasteiger partial charge in [0, 0.05) is 23.7 Å². The second-order valence-electron chi connectivity index (χ2n) is 7.77. The summed E-state index contributed by atoms with van der Waals surface area (Å²) in [6.07, 6.45) is 2.80. The van der Waals surface area contributed by atoms with Gasteiger partial charge >= 0.3 is 5.97 Å². The largest absolute Gasteiger partial charge is 0.496 e. The number of allylic oxidation sites excluding steroid dienone is 1. The van der Waals surface area contributed by atoms with E-state index in [1.165, 1.54) is 55.3 Å². The average Bonchev–Trinajstić information content (AvgIpc) is 3.54. The molecule has 1 aliphatic rings. The smallest absolute Gasteiger partial charge is 0.337 e. The van der Waals surface area contributed by atoms with E-state index in [2.05, 4.69) is 15.0 Å². The van der Waals surface area contributed by atoms with E-state index in [0.29, 0.717) is 27.9 Å². The van der Waals surface area contributed by atoms with Crippen molar-refractivity contribution in [1.82, 2.24) is 19.7 Å². The van der Waals surface area contributed by atoms with Crippen molar-refractivity contribution >= 4 is 39.4 Å². The van der Waals surface area contributed by atoms with Gasteiger partial charge in [0.15, 0.2) is 0 Å². The Kier molecular flexibility index (Phi) is 8.11. The van der Waals surface area contributed by atoms with Crippen LogP contribution in [-0.2, 0) is 21.3 Å². The number of carbonyl (C=O) groups is 1. The lowest BCUT2D eigenvalue weighted by Crippen LogP contribution is -2.25. The Balaban J connectivity index is 0.00000342. The number of fused-ring (bicyclic) bond motifs is 1. The van der Waals surface area contributed by atoms with E-state index < -0.39 is 21.8 Å². The predicted molar refractivity (Wildman–Crippen MR) is 130 cm³/mol.